The van der Waals surface area contributed by atoms with Crippen molar-refractivity contribution in [1.82, 2.24) is 5.32 Å². The Kier molecular flexibility index (Phi) is 6.15. The van der Waals surface area contributed by atoms with E-state index in [4.69, 9.17) is 5.73 Å². The maximum Gasteiger partial charge on any atom is 0.0815 e. The van der Waals surface area contributed by atoms with Crippen molar-refractivity contribution >= 4 is 5.71 Å². The van der Waals surface area contributed by atoms with Gasteiger partial charge in [-0.2, -0.15) is 0 Å². The minimum absolute atomic E-state index is 0.798. The van der Waals surface area contributed by atoms with Gasteiger partial charge in [0.25, 0.3) is 0 Å². The zero-order valence-electron chi connectivity index (χ0n) is 11.5. The van der Waals surface area contributed by atoms with E-state index in [1.807, 2.05) is 7.05 Å². The van der Waals surface area contributed by atoms with E-state index in [1.165, 1.54) is 5.57 Å². The lowest BCUT2D eigenvalue weighted by atomic mass is 10.0. The molecule has 3 nitrogen and oxygen atoms in total. The third-order valence-corrected chi connectivity index (χ3v) is 2.97. The van der Waals surface area contributed by atoms with Crippen LogP contribution in [0.25, 0.3) is 0 Å². The highest BCUT2D eigenvalue weighted by molar-refractivity contribution is 5.87. The van der Waals surface area contributed by atoms with Gasteiger partial charge in [0.15, 0.2) is 0 Å². The molecule has 1 aliphatic carbocycles. The van der Waals surface area contributed by atoms with Crippen LogP contribution in [0.3, 0.4) is 0 Å². The lowest BCUT2D eigenvalue weighted by Gasteiger charge is -2.11. The summed E-state index contributed by atoms with van der Waals surface area (Å²) in [5.74, 6) is 0. The summed E-state index contributed by atoms with van der Waals surface area (Å²) >= 11 is 0. The van der Waals surface area contributed by atoms with Crippen molar-refractivity contribution in [3.63, 3.8) is 0 Å². The van der Waals surface area contributed by atoms with Gasteiger partial charge in [0.1, 0.15) is 0 Å². The number of allylic oxidation sites excluding steroid dienone is 6. The second kappa shape index (κ2) is 7.67. The number of aliphatic imine (C=N–C) groups is 1. The van der Waals surface area contributed by atoms with Crippen molar-refractivity contribution < 1.29 is 0 Å². The summed E-state index contributed by atoms with van der Waals surface area (Å²) in [6, 6.07) is 0. The first kappa shape index (κ1) is 14.5. The third-order valence-electron chi connectivity index (χ3n) is 2.97. The van der Waals surface area contributed by atoms with Crippen molar-refractivity contribution in [3.05, 3.63) is 47.3 Å². The van der Waals surface area contributed by atoms with Gasteiger partial charge < -0.3 is 11.1 Å². The van der Waals surface area contributed by atoms with Crippen LogP contribution in [0.2, 0.25) is 0 Å². The van der Waals surface area contributed by atoms with Crippen LogP contribution in [0, 0.1) is 0 Å². The van der Waals surface area contributed by atoms with Gasteiger partial charge in [0.05, 0.1) is 5.70 Å². The summed E-state index contributed by atoms with van der Waals surface area (Å²) in [6.45, 7) is 4.98. The molecule has 0 aromatic rings. The summed E-state index contributed by atoms with van der Waals surface area (Å²) in [4.78, 5) is 4.65. The molecule has 0 saturated carbocycles. The summed E-state index contributed by atoms with van der Waals surface area (Å²) in [5, 5.41) is 3.13. The highest BCUT2D eigenvalue weighted by Crippen LogP contribution is 2.21. The Hall–Kier alpha value is -1.61. The van der Waals surface area contributed by atoms with Crippen LogP contribution < -0.4 is 11.1 Å². The zero-order valence-corrected chi connectivity index (χ0v) is 11.5. The summed E-state index contributed by atoms with van der Waals surface area (Å²) in [5.41, 5.74) is 10.1. The quantitative estimate of drug-likeness (QED) is 0.732. The molecule has 0 heterocycles. The fourth-order valence-electron chi connectivity index (χ4n) is 1.82. The minimum Gasteiger partial charge on any atom is -0.403 e. The molecule has 18 heavy (non-hydrogen) atoms. The van der Waals surface area contributed by atoms with Crippen molar-refractivity contribution in [2.75, 3.05) is 13.6 Å². The molecule has 0 amide bonds. The molecule has 0 saturated heterocycles. The molecule has 0 aromatic carbocycles. The number of nitrogens with one attached hydrogen (secondary N) is 1. The van der Waals surface area contributed by atoms with E-state index in [2.05, 4.69) is 48.5 Å². The molecule has 0 radical (unpaired) electrons. The van der Waals surface area contributed by atoms with Gasteiger partial charge in [-0.1, -0.05) is 31.2 Å². The number of hydrogen-bond donors (Lipinski definition) is 2. The Morgan fingerprint density at radius 2 is 2.28 bits per heavy atom. The van der Waals surface area contributed by atoms with E-state index < -0.39 is 0 Å². The summed E-state index contributed by atoms with van der Waals surface area (Å²) in [7, 11) is 1.93. The van der Waals surface area contributed by atoms with E-state index in [-0.39, 0.29) is 0 Å². The Labute approximate surface area is 110 Å². The molecule has 0 atom stereocenters. The Morgan fingerprint density at radius 1 is 1.50 bits per heavy atom. The molecular weight excluding hydrogens is 222 g/mol. The summed E-state index contributed by atoms with van der Waals surface area (Å²) in [6.07, 6.45) is 11.8. The van der Waals surface area contributed by atoms with Crippen LogP contribution in [0.4, 0.5) is 0 Å². The Balaban J connectivity index is 2.97. The van der Waals surface area contributed by atoms with E-state index in [0.29, 0.717) is 0 Å². The average molecular weight is 245 g/mol. The lowest BCUT2D eigenvalue weighted by Crippen LogP contribution is -2.18. The van der Waals surface area contributed by atoms with Gasteiger partial charge in [-0.15, -0.1) is 0 Å². The molecule has 98 valence electrons. The molecule has 1 aliphatic rings. The molecule has 3 N–H and O–H groups in total. The molecule has 0 aromatic heterocycles. The van der Waals surface area contributed by atoms with Gasteiger partial charge in [0.2, 0.25) is 0 Å². The number of nitrogens with two attached hydrogens (primary N) is 1. The SMILES string of the molecule is CC/C(CNC)=N/C(=C/N)C(/C)=C1/C=CC=CC1. The Morgan fingerprint density at radius 3 is 2.78 bits per heavy atom. The number of hydrogen-bond acceptors (Lipinski definition) is 3. The maximum absolute atomic E-state index is 5.71. The highest BCUT2D eigenvalue weighted by Gasteiger charge is 2.06. The minimum atomic E-state index is 0.798. The van der Waals surface area contributed by atoms with E-state index >= 15 is 0 Å². The van der Waals surface area contributed by atoms with Crippen LogP contribution >= 0.6 is 0 Å². The highest BCUT2D eigenvalue weighted by atomic mass is 14.9. The molecule has 0 bridgehead atoms. The van der Waals surface area contributed by atoms with Gasteiger partial charge >= 0.3 is 0 Å². The van der Waals surface area contributed by atoms with Gasteiger partial charge in [-0.05, 0) is 38.0 Å². The van der Waals surface area contributed by atoms with E-state index in [9.17, 15) is 0 Å². The van der Waals surface area contributed by atoms with E-state index in [1.54, 1.807) is 6.20 Å². The topological polar surface area (TPSA) is 50.4 Å². The number of rotatable bonds is 5. The normalized spacial score (nSPS) is 19.3. The van der Waals surface area contributed by atoms with Crippen LogP contribution in [0.15, 0.2) is 52.3 Å². The van der Waals surface area contributed by atoms with Gasteiger partial charge in [0, 0.05) is 18.5 Å². The van der Waals surface area contributed by atoms with Crippen molar-refractivity contribution in [2.45, 2.75) is 26.7 Å². The average Bonchev–Trinajstić information content (AvgIpc) is 2.43. The first-order chi connectivity index (χ1) is 8.72. The molecule has 0 fully saturated rings. The monoisotopic (exact) mass is 245 g/mol. The van der Waals surface area contributed by atoms with Crippen LogP contribution in [-0.4, -0.2) is 19.3 Å². The second-order valence-electron chi connectivity index (χ2n) is 4.26. The zero-order chi connectivity index (χ0) is 13.4. The van der Waals surface area contributed by atoms with Crippen molar-refractivity contribution in [2.24, 2.45) is 10.7 Å². The third kappa shape index (κ3) is 4.00. The molecule has 0 unspecified atom stereocenters. The summed E-state index contributed by atoms with van der Waals surface area (Å²) < 4.78 is 0. The molecule has 1 rings (SSSR count). The van der Waals surface area contributed by atoms with Crippen LogP contribution in [0.5, 0.6) is 0 Å². The Bertz CT molecular complexity index is 423. The predicted molar refractivity (Wildman–Crippen MR) is 79.5 cm³/mol. The van der Waals surface area contributed by atoms with Crippen molar-refractivity contribution in [1.29, 1.82) is 0 Å². The van der Waals surface area contributed by atoms with Gasteiger partial charge in [-0.3, -0.25) is 4.99 Å². The first-order valence-electron chi connectivity index (χ1n) is 6.39. The standard InChI is InChI=1S/C15H23N3/c1-4-14(11-17-3)18-15(10-16)12(2)13-8-6-5-7-9-13/h5-8,10,17H,4,9,11,16H2,1-3H3/b13-12-,15-10+,18-14-. The smallest absolute Gasteiger partial charge is 0.0815 e. The molecular formula is C15H23N3. The lowest BCUT2D eigenvalue weighted by molar-refractivity contribution is 0.925. The van der Waals surface area contributed by atoms with Gasteiger partial charge in [-0.25, -0.2) is 0 Å². The maximum atomic E-state index is 5.71. The van der Waals surface area contributed by atoms with Crippen LogP contribution in [-0.2, 0) is 0 Å². The fourth-order valence-corrected chi connectivity index (χ4v) is 1.82. The molecule has 0 aliphatic heterocycles. The van der Waals surface area contributed by atoms with Crippen molar-refractivity contribution in [3.8, 4) is 0 Å². The van der Waals surface area contributed by atoms with E-state index in [0.717, 1.165) is 36.4 Å². The molecule has 3 heteroatoms. The van der Waals surface area contributed by atoms with Crippen LogP contribution in [0.1, 0.15) is 26.7 Å². The number of nitrogens with zero attached hydrogens (tertiary/aromatic N) is 1. The predicted octanol–water partition coefficient (Wildman–Crippen LogP) is 2.69. The first-order valence-corrected chi connectivity index (χ1v) is 6.39. The fraction of sp³-hybridized carbons (Fsp3) is 0.400. The molecule has 0 spiro atoms. The largest absolute Gasteiger partial charge is 0.403 e. The second-order valence-corrected chi connectivity index (χ2v) is 4.26.